The molecule has 0 fully saturated rings. The molecule has 0 radical (unpaired) electrons. The summed E-state index contributed by atoms with van der Waals surface area (Å²) in [5.74, 6) is -0.775. The average molecular weight is 282 g/mol. The number of aromatic nitrogens is 1. The lowest BCUT2D eigenvalue weighted by Gasteiger charge is -2.06. The summed E-state index contributed by atoms with van der Waals surface area (Å²) in [6.07, 6.45) is 0.956. The molecule has 0 aliphatic rings. The number of hydrogen-bond donors (Lipinski definition) is 2. The Labute approximate surface area is 120 Å². The molecule has 0 saturated carbocycles. The number of H-pyrrole nitrogens is 1. The van der Waals surface area contributed by atoms with E-state index in [-0.39, 0.29) is 5.91 Å². The first-order chi connectivity index (χ1) is 10.2. The molecule has 5 nitrogen and oxygen atoms in total. The van der Waals surface area contributed by atoms with E-state index in [9.17, 15) is 9.59 Å². The number of anilines is 1. The average Bonchev–Trinajstić information content (AvgIpc) is 2.87. The van der Waals surface area contributed by atoms with Crippen LogP contribution in [-0.4, -0.2) is 10.9 Å². The Morgan fingerprint density at radius 3 is 2.67 bits per heavy atom. The second kappa shape index (κ2) is 5.28. The monoisotopic (exact) mass is 282 g/mol. The highest BCUT2D eigenvalue weighted by atomic mass is 16.4. The fraction of sp³-hybridized carbons (Fsp3) is 0.125. The third-order valence-electron chi connectivity index (χ3n) is 3.30. The van der Waals surface area contributed by atoms with Crippen LogP contribution >= 0.6 is 0 Å². The third-order valence-corrected chi connectivity index (χ3v) is 3.30. The van der Waals surface area contributed by atoms with Gasteiger partial charge in [0.2, 0.25) is 0 Å². The second-order valence-electron chi connectivity index (χ2n) is 4.73. The van der Waals surface area contributed by atoms with E-state index in [1.807, 2.05) is 24.3 Å². The first-order valence-corrected chi connectivity index (χ1v) is 6.69. The van der Waals surface area contributed by atoms with E-state index in [2.05, 4.69) is 17.2 Å². The molecular weight excluding hydrogens is 268 g/mol. The van der Waals surface area contributed by atoms with Gasteiger partial charge in [-0.05, 0) is 42.3 Å². The van der Waals surface area contributed by atoms with Gasteiger partial charge in [-0.25, -0.2) is 4.79 Å². The number of carbonyl (C=O) groups is 1. The zero-order chi connectivity index (χ0) is 14.8. The SMILES string of the molecule is CCc1ccc(NC(=O)c2ccc3[nH]c(=O)oc3c2)cc1. The van der Waals surface area contributed by atoms with E-state index in [4.69, 9.17) is 4.42 Å². The molecule has 0 atom stereocenters. The third kappa shape index (κ3) is 2.72. The summed E-state index contributed by atoms with van der Waals surface area (Å²) in [5, 5.41) is 2.81. The fourth-order valence-corrected chi connectivity index (χ4v) is 2.11. The molecule has 0 aliphatic heterocycles. The van der Waals surface area contributed by atoms with Crippen LogP contribution in [0.15, 0.2) is 51.7 Å². The summed E-state index contributed by atoms with van der Waals surface area (Å²) in [5.41, 5.74) is 3.32. The van der Waals surface area contributed by atoms with Gasteiger partial charge in [-0.3, -0.25) is 9.78 Å². The number of oxazole rings is 1. The number of aromatic amines is 1. The van der Waals surface area contributed by atoms with E-state index >= 15 is 0 Å². The molecule has 2 aromatic carbocycles. The number of benzene rings is 2. The smallest absolute Gasteiger partial charge is 0.408 e. The summed E-state index contributed by atoms with van der Waals surface area (Å²) in [6.45, 7) is 2.08. The predicted octanol–water partition coefficient (Wildman–Crippen LogP) is 2.94. The Balaban J connectivity index is 1.83. The maximum Gasteiger partial charge on any atom is 0.417 e. The molecule has 0 aliphatic carbocycles. The summed E-state index contributed by atoms with van der Waals surface area (Å²) >= 11 is 0. The quantitative estimate of drug-likeness (QED) is 0.775. The number of amides is 1. The van der Waals surface area contributed by atoms with Crippen LogP contribution in [0.1, 0.15) is 22.8 Å². The van der Waals surface area contributed by atoms with Gasteiger partial charge < -0.3 is 9.73 Å². The summed E-state index contributed by atoms with van der Waals surface area (Å²) in [4.78, 5) is 25.8. The van der Waals surface area contributed by atoms with Crippen LogP contribution < -0.4 is 11.1 Å². The Hall–Kier alpha value is -2.82. The van der Waals surface area contributed by atoms with Crippen molar-refractivity contribution in [2.75, 3.05) is 5.32 Å². The minimum atomic E-state index is -0.530. The lowest BCUT2D eigenvalue weighted by molar-refractivity contribution is 0.102. The van der Waals surface area contributed by atoms with Crippen LogP contribution in [0.3, 0.4) is 0 Å². The molecule has 0 unspecified atom stereocenters. The first-order valence-electron chi connectivity index (χ1n) is 6.69. The van der Waals surface area contributed by atoms with Gasteiger partial charge in [-0.15, -0.1) is 0 Å². The van der Waals surface area contributed by atoms with Gasteiger partial charge in [-0.1, -0.05) is 19.1 Å². The van der Waals surface area contributed by atoms with Crippen molar-refractivity contribution < 1.29 is 9.21 Å². The molecule has 21 heavy (non-hydrogen) atoms. The standard InChI is InChI=1S/C16H14N2O3/c1-2-10-3-6-12(7-4-10)17-15(19)11-5-8-13-14(9-11)21-16(20)18-13/h3-9H,2H2,1H3,(H,17,19)(H,18,20). The number of nitrogens with one attached hydrogen (secondary N) is 2. The normalized spacial score (nSPS) is 10.7. The molecule has 1 heterocycles. The van der Waals surface area contributed by atoms with Gasteiger partial charge >= 0.3 is 5.76 Å². The van der Waals surface area contributed by atoms with Crippen molar-refractivity contribution in [1.29, 1.82) is 0 Å². The van der Waals surface area contributed by atoms with Crippen LogP contribution in [0.5, 0.6) is 0 Å². The summed E-state index contributed by atoms with van der Waals surface area (Å²) < 4.78 is 4.95. The van der Waals surface area contributed by atoms with E-state index in [1.165, 1.54) is 5.56 Å². The molecule has 106 valence electrons. The van der Waals surface area contributed by atoms with E-state index in [0.717, 1.165) is 12.1 Å². The van der Waals surface area contributed by atoms with Crippen molar-refractivity contribution in [3.8, 4) is 0 Å². The van der Waals surface area contributed by atoms with Crippen molar-refractivity contribution in [1.82, 2.24) is 4.98 Å². The molecule has 3 rings (SSSR count). The maximum absolute atomic E-state index is 12.2. The van der Waals surface area contributed by atoms with Crippen LogP contribution in [-0.2, 0) is 6.42 Å². The summed E-state index contributed by atoms with van der Waals surface area (Å²) in [7, 11) is 0. The topological polar surface area (TPSA) is 75.1 Å². The van der Waals surface area contributed by atoms with Gasteiger partial charge in [-0.2, -0.15) is 0 Å². The van der Waals surface area contributed by atoms with E-state index in [1.54, 1.807) is 18.2 Å². The van der Waals surface area contributed by atoms with Crippen molar-refractivity contribution in [3.63, 3.8) is 0 Å². The summed E-state index contributed by atoms with van der Waals surface area (Å²) in [6, 6.07) is 12.5. The lowest BCUT2D eigenvalue weighted by Crippen LogP contribution is -2.11. The zero-order valence-electron chi connectivity index (χ0n) is 11.5. The van der Waals surface area contributed by atoms with Crippen molar-refractivity contribution in [3.05, 3.63) is 64.1 Å². The maximum atomic E-state index is 12.2. The van der Waals surface area contributed by atoms with Crippen molar-refractivity contribution in [2.24, 2.45) is 0 Å². The number of fused-ring (bicyclic) bond motifs is 1. The van der Waals surface area contributed by atoms with Gasteiger partial charge in [0, 0.05) is 11.3 Å². The largest absolute Gasteiger partial charge is 0.417 e. The van der Waals surface area contributed by atoms with Gasteiger partial charge in [0.05, 0.1) is 5.52 Å². The number of hydrogen-bond acceptors (Lipinski definition) is 3. The second-order valence-corrected chi connectivity index (χ2v) is 4.73. The molecule has 2 N–H and O–H groups in total. The molecule has 1 amide bonds. The molecule has 5 heteroatoms. The Kier molecular flexibility index (Phi) is 3.31. The zero-order valence-corrected chi connectivity index (χ0v) is 11.5. The predicted molar refractivity (Wildman–Crippen MR) is 80.6 cm³/mol. The number of rotatable bonds is 3. The van der Waals surface area contributed by atoms with Gasteiger partial charge in [0.1, 0.15) is 0 Å². The molecule has 3 aromatic rings. The fourth-order valence-electron chi connectivity index (χ4n) is 2.11. The van der Waals surface area contributed by atoms with Crippen molar-refractivity contribution in [2.45, 2.75) is 13.3 Å². The first kappa shape index (κ1) is 13.2. The highest BCUT2D eigenvalue weighted by Crippen LogP contribution is 2.15. The molecular formula is C16H14N2O3. The molecule has 0 spiro atoms. The molecule has 0 bridgehead atoms. The Bertz CT molecular complexity index is 844. The van der Waals surface area contributed by atoms with Crippen LogP contribution in [0.4, 0.5) is 5.69 Å². The number of carbonyl (C=O) groups excluding carboxylic acids is 1. The minimum absolute atomic E-state index is 0.245. The van der Waals surface area contributed by atoms with Gasteiger partial charge in [0.15, 0.2) is 5.58 Å². The highest BCUT2D eigenvalue weighted by molar-refractivity contribution is 6.05. The minimum Gasteiger partial charge on any atom is -0.408 e. The van der Waals surface area contributed by atoms with E-state index in [0.29, 0.717) is 16.7 Å². The van der Waals surface area contributed by atoms with Gasteiger partial charge in [0.25, 0.3) is 5.91 Å². The van der Waals surface area contributed by atoms with Crippen LogP contribution in [0, 0.1) is 0 Å². The van der Waals surface area contributed by atoms with Crippen molar-refractivity contribution >= 4 is 22.7 Å². The lowest BCUT2D eigenvalue weighted by atomic mass is 10.1. The van der Waals surface area contributed by atoms with Crippen LogP contribution in [0.25, 0.3) is 11.1 Å². The Morgan fingerprint density at radius 1 is 1.19 bits per heavy atom. The van der Waals surface area contributed by atoms with Crippen LogP contribution in [0.2, 0.25) is 0 Å². The molecule has 0 saturated heterocycles. The van der Waals surface area contributed by atoms with E-state index < -0.39 is 5.76 Å². The number of aryl methyl sites for hydroxylation is 1. The molecule has 1 aromatic heterocycles. The highest BCUT2D eigenvalue weighted by Gasteiger charge is 2.09. The Morgan fingerprint density at radius 2 is 1.95 bits per heavy atom.